The summed E-state index contributed by atoms with van der Waals surface area (Å²) in [4.78, 5) is 2.32. The second kappa shape index (κ2) is 19.2. The van der Waals surface area contributed by atoms with E-state index in [1.807, 2.05) is 36.5 Å². The normalized spacial score (nSPS) is 13.5. The predicted molar refractivity (Wildman–Crippen MR) is 234 cm³/mol. The Morgan fingerprint density at radius 1 is 0.698 bits per heavy atom. The zero-order valence-electron chi connectivity index (χ0n) is 31.0. The minimum Gasteiger partial charge on any atom is -0.321 e. The Morgan fingerprint density at radius 3 is 2.04 bits per heavy atom. The van der Waals surface area contributed by atoms with Crippen LogP contribution in [0.1, 0.15) is 37.3 Å². The molecule has 53 heavy (non-hydrogen) atoms. The summed E-state index contributed by atoms with van der Waals surface area (Å²) in [5, 5.41) is 2.40. The molecule has 1 atom stereocenters. The van der Waals surface area contributed by atoms with E-state index < -0.39 is 0 Å². The minimum absolute atomic E-state index is 0.224. The topological polar surface area (TPSA) is 3.24 Å². The van der Waals surface area contributed by atoms with Crippen molar-refractivity contribution >= 4 is 23.0 Å². The van der Waals surface area contributed by atoms with Gasteiger partial charge in [0.1, 0.15) is 0 Å². The zero-order chi connectivity index (χ0) is 37.4. The maximum Gasteiger partial charge on any atom is 0.0458 e. The van der Waals surface area contributed by atoms with Gasteiger partial charge in [-0.05, 0) is 82.1 Å². The van der Waals surface area contributed by atoms with Gasteiger partial charge in [0.2, 0.25) is 0 Å². The first-order chi connectivity index (χ1) is 26.0. The van der Waals surface area contributed by atoms with Crippen LogP contribution in [0, 0.1) is 0 Å². The molecule has 0 spiro atoms. The Labute approximate surface area is 317 Å². The highest BCUT2D eigenvalue weighted by Gasteiger charge is 2.14. The van der Waals surface area contributed by atoms with Crippen molar-refractivity contribution in [3.8, 4) is 22.3 Å². The van der Waals surface area contributed by atoms with E-state index in [9.17, 15) is 0 Å². The monoisotopic (exact) mass is 687 g/mol. The highest BCUT2D eigenvalue weighted by atomic mass is 15.1. The number of benzene rings is 5. The van der Waals surface area contributed by atoms with Crippen molar-refractivity contribution in [1.29, 1.82) is 0 Å². The molecule has 0 aliphatic rings. The maximum absolute atomic E-state index is 4.15. The van der Waals surface area contributed by atoms with E-state index in [1.54, 1.807) is 6.08 Å². The molecule has 0 fully saturated rings. The van der Waals surface area contributed by atoms with E-state index in [2.05, 4.69) is 197 Å². The van der Waals surface area contributed by atoms with Crippen molar-refractivity contribution in [2.45, 2.75) is 26.2 Å². The molecule has 0 amide bonds. The first kappa shape index (κ1) is 37.8. The van der Waals surface area contributed by atoms with Gasteiger partial charge in [0.15, 0.2) is 0 Å². The Balaban J connectivity index is 1.59. The third kappa shape index (κ3) is 9.67. The first-order valence-electron chi connectivity index (χ1n) is 18.1. The van der Waals surface area contributed by atoms with E-state index in [0.29, 0.717) is 0 Å². The molecule has 5 aromatic rings. The molecular weight excluding hydrogens is 639 g/mol. The van der Waals surface area contributed by atoms with Crippen molar-refractivity contribution in [1.82, 2.24) is 0 Å². The van der Waals surface area contributed by atoms with Crippen molar-refractivity contribution < 1.29 is 0 Å². The molecule has 1 nitrogen and oxygen atoms in total. The van der Waals surface area contributed by atoms with E-state index in [-0.39, 0.29) is 5.92 Å². The van der Waals surface area contributed by atoms with Gasteiger partial charge in [-0.3, -0.25) is 0 Å². The van der Waals surface area contributed by atoms with Crippen LogP contribution in [0.25, 0.3) is 39.6 Å². The van der Waals surface area contributed by atoms with Crippen LogP contribution < -0.4 is 15.3 Å². The third-order valence-corrected chi connectivity index (χ3v) is 9.41. The quantitative estimate of drug-likeness (QED) is 0.0782. The van der Waals surface area contributed by atoms with Gasteiger partial charge in [0.25, 0.3) is 0 Å². The summed E-state index contributed by atoms with van der Waals surface area (Å²) >= 11 is 0. The summed E-state index contributed by atoms with van der Waals surface area (Å²) in [6.45, 7) is 20.2. The molecule has 0 heterocycles. The minimum atomic E-state index is 0.224. The molecule has 0 radical (unpaired) electrons. The number of nitrogens with zero attached hydrogens (tertiary/aromatic N) is 1. The van der Waals surface area contributed by atoms with E-state index >= 15 is 0 Å². The van der Waals surface area contributed by atoms with Crippen molar-refractivity contribution in [2.75, 3.05) is 4.90 Å². The van der Waals surface area contributed by atoms with Crippen LogP contribution >= 0.6 is 0 Å². The van der Waals surface area contributed by atoms with Gasteiger partial charge in [-0.1, -0.05) is 196 Å². The number of anilines is 1. The van der Waals surface area contributed by atoms with Gasteiger partial charge in [0.05, 0.1) is 0 Å². The van der Waals surface area contributed by atoms with Crippen LogP contribution in [0.15, 0.2) is 220 Å². The number of hydrogen-bond acceptors (Lipinski definition) is 1. The lowest BCUT2D eigenvalue weighted by molar-refractivity contribution is 0.863. The van der Waals surface area contributed by atoms with Crippen LogP contribution in [-0.4, -0.2) is 0 Å². The predicted octanol–water partition coefficient (Wildman–Crippen LogP) is 12.8. The summed E-state index contributed by atoms with van der Waals surface area (Å²) in [6.07, 6.45) is 23.0. The summed E-state index contributed by atoms with van der Waals surface area (Å²) in [7, 11) is 0. The van der Waals surface area contributed by atoms with Gasteiger partial charge in [-0.15, -0.1) is 6.58 Å². The molecule has 5 rings (SSSR count). The molecule has 0 bridgehead atoms. The summed E-state index contributed by atoms with van der Waals surface area (Å²) in [5.74, 6) is 0.224. The third-order valence-electron chi connectivity index (χ3n) is 9.41. The fraction of sp³-hybridized carbons (Fsp3) is 0.0769. The van der Waals surface area contributed by atoms with Crippen LogP contribution in [0.3, 0.4) is 0 Å². The highest BCUT2D eigenvalue weighted by molar-refractivity contribution is 5.88. The van der Waals surface area contributed by atoms with Crippen LogP contribution in [0.2, 0.25) is 0 Å². The van der Waals surface area contributed by atoms with E-state index in [1.165, 1.54) is 27.1 Å². The lowest BCUT2D eigenvalue weighted by Gasteiger charge is -2.24. The average molecular weight is 688 g/mol. The largest absolute Gasteiger partial charge is 0.321 e. The summed E-state index contributed by atoms with van der Waals surface area (Å²) in [6, 6.07) is 45.4. The molecule has 1 heteroatoms. The smallest absolute Gasteiger partial charge is 0.0458 e. The second-order valence-electron chi connectivity index (χ2n) is 12.7. The van der Waals surface area contributed by atoms with E-state index in [0.717, 1.165) is 45.6 Å². The van der Waals surface area contributed by atoms with Gasteiger partial charge in [-0.25, -0.2) is 0 Å². The number of hydrogen-bond donors (Lipinski definition) is 0. The Hall–Kier alpha value is -6.44. The number of rotatable bonds is 15. The lowest BCUT2D eigenvalue weighted by atomic mass is 9.92. The molecule has 5 aromatic carbocycles. The fourth-order valence-corrected chi connectivity index (χ4v) is 6.49. The van der Waals surface area contributed by atoms with Gasteiger partial charge in [0, 0.05) is 28.7 Å². The zero-order valence-corrected chi connectivity index (χ0v) is 31.0. The van der Waals surface area contributed by atoms with Crippen LogP contribution in [0.5, 0.6) is 0 Å². The van der Waals surface area contributed by atoms with Crippen molar-refractivity contribution in [3.05, 3.63) is 242 Å². The van der Waals surface area contributed by atoms with Crippen LogP contribution in [-0.2, 0) is 0 Å². The molecule has 1 unspecified atom stereocenters. The molecule has 0 aliphatic heterocycles. The fourth-order valence-electron chi connectivity index (χ4n) is 6.49. The van der Waals surface area contributed by atoms with Crippen molar-refractivity contribution in [2.24, 2.45) is 0 Å². The van der Waals surface area contributed by atoms with Crippen molar-refractivity contribution in [3.63, 3.8) is 0 Å². The first-order valence-corrected chi connectivity index (χ1v) is 18.1. The van der Waals surface area contributed by atoms with E-state index in [4.69, 9.17) is 0 Å². The standard InChI is InChI=1S/C52H49N/c1-7-22-41(8-2)23-20-29-42(9-3)46-32-34-48(35-33-46)51-37-36-49(39-52(51)47-27-16-13-17-28-47)53(40(6)50-31-19-18-24-44(50)11-5)38-21-30-43(10-4)45-25-14-12-15-26-45/h7-29,31-39,43H,1-4,30H2,5-6H3/b23-20+,38-21+,41-22+,42-29+,44-11-,50-40+. The van der Waals surface area contributed by atoms with Gasteiger partial charge in [-0.2, -0.15) is 0 Å². The molecule has 0 saturated carbocycles. The second-order valence-corrected chi connectivity index (χ2v) is 12.7. The Kier molecular flexibility index (Phi) is 13.7. The number of allylic oxidation sites excluding steroid dienone is 11. The maximum atomic E-state index is 4.15. The molecule has 0 saturated heterocycles. The Morgan fingerprint density at radius 2 is 1.38 bits per heavy atom. The summed E-state index contributed by atoms with van der Waals surface area (Å²) in [5.41, 5.74) is 11.3. The SMILES string of the molecule is C=C/C=C(C=C)/C=C/C=C(\C=C)c1ccc(-c2ccc(N(/C=C/CC(C=C)c3ccccc3)/C(C)=c3\cccc\c3=C\C)cc2-c2ccccc2)cc1. The molecule has 0 aliphatic carbocycles. The highest BCUT2D eigenvalue weighted by Crippen LogP contribution is 2.37. The average Bonchev–Trinajstić information content (AvgIpc) is 3.22. The van der Waals surface area contributed by atoms with Crippen LogP contribution in [0.4, 0.5) is 5.69 Å². The molecule has 0 N–H and O–H groups in total. The lowest BCUT2D eigenvalue weighted by Crippen LogP contribution is -2.31. The van der Waals surface area contributed by atoms with Gasteiger partial charge >= 0.3 is 0 Å². The Bertz CT molecular complexity index is 2280. The summed E-state index contributed by atoms with van der Waals surface area (Å²) < 4.78 is 0. The molecular formula is C52H49N. The molecule has 0 aromatic heterocycles. The van der Waals surface area contributed by atoms with Gasteiger partial charge < -0.3 is 4.90 Å². The molecule has 262 valence electrons.